The van der Waals surface area contributed by atoms with E-state index in [1.54, 1.807) is 12.1 Å². The van der Waals surface area contributed by atoms with E-state index in [0.717, 1.165) is 37.0 Å². The van der Waals surface area contributed by atoms with Gasteiger partial charge in [-0.05, 0) is 31.5 Å². The van der Waals surface area contributed by atoms with Crippen LogP contribution in [0.2, 0.25) is 0 Å². The fourth-order valence-corrected chi connectivity index (χ4v) is 2.54. The lowest BCUT2D eigenvalue weighted by Gasteiger charge is -2.25. The molecule has 0 spiro atoms. The number of hydrogen-bond acceptors (Lipinski definition) is 4. The molecule has 4 N–H and O–H groups in total. The van der Waals surface area contributed by atoms with Gasteiger partial charge in [0.2, 0.25) is 5.95 Å². The van der Waals surface area contributed by atoms with Crippen LogP contribution in [0.15, 0.2) is 18.2 Å². The second-order valence-electron chi connectivity index (χ2n) is 4.51. The summed E-state index contributed by atoms with van der Waals surface area (Å²) < 4.78 is 2.07. The highest BCUT2D eigenvalue weighted by atomic mass is 16.3. The Bertz CT molecular complexity index is 543. The van der Waals surface area contributed by atoms with Crippen LogP contribution in [0.1, 0.15) is 18.9 Å². The summed E-state index contributed by atoms with van der Waals surface area (Å²) in [6.45, 7) is 2.00. The lowest BCUT2D eigenvalue weighted by atomic mass is 10.1. The predicted octanol–water partition coefficient (Wildman–Crippen LogP) is 1.25. The number of phenolic OH excluding ortho intramolecular Hbond substituents is 1. The van der Waals surface area contributed by atoms with Gasteiger partial charge in [-0.2, -0.15) is 0 Å². The highest BCUT2D eigenvalue weighted by Crippen LogP contribution is 2.28. The molecule has 1 atom stereocenters. The number of nitrogens with two attached hydrogens (primary N) is 1. The third kappa shape index (κ3) is 1.72. The van der Waals surface area contributed by atoms with Gasteiger partial charge in [0, 0.05) is 18.7 Å². The van der Waals surface area contributed by atoms with Gasteiger partial charge in [0.1, 0.15) is 5.75 Å². The second-order valence-corrected chi connectivity index (χ2v) is 4.51. The van der Waals surface area contributed by atoms with Crippen LogP contribution in [-0.2, 0) is 0 Å². The molecular weight excluding hydrogens is 216 g/mol. The first-order valence-corrected chi connectivity index (χ1v) is 5.93. The summed E-state index contributed by atoms with van der Waals surface area (Å²) in [7, 11) is 0. The van der Waals surface area contributed by atoms with Crippen molar-refractivity contribution in [1.29, 1.82) is 0 Å². The molecule has 2 heterocycles. The molecule has 1 aliphatic heterocycles. The van der Waals surface area contributed by atoms with Crippen molar-refractivity contribution in [1.82, 2.24) is 14.9 Å². The number of nitrogen functional groups attached to an aromatic ring is 1. The van der Waals surface area contributed by atoms with Crippen molar-refractivity contribution < 1.29 is 5.11 Å². The minimum absolute atomic E-state index is 0.226. The first-order chi connectivity index (χ1) is 8.25. The Morgan fingerprint density at radius 2 is 2.35 bits per heavy atom. The molecule has 17 heavy (non-hydrogen) atoms. The third-order valence-corrected chi connectivity index (χ3v) is 3.34. The molecule has 1 saturated heterocycles. The monoisotopic (exact) mass is 232 g/mol. The Kier molecular flexibility index (Phi) is 2.40. The lowest BCUT2D eigenvalue weighted by molar-refractivity contribution is 0.381. The number of rotatable bonds is 1. The van der Waals surface area contributed by atoms with Gasteiger partial charge < -0.3 is 20.7 Å². The van der Waals surface area contributed by atoms with Crippen molar-refractivity contribution in [2.45, 2.75) is 18.9 Å². The molecule has 5 heteroatoms. The number of fused-ring (bicyclic) bond motifs is 1. The van der Waals surface area contributed by atoms with Gasteiger partial charge in [-0.25, -0.2) is 4.98 Å². The van der Waals surface area contributed by atoms with E-state index in [4.69, 9.17) is 5.73 Å². The summed E-state index contributed by atoms with van der Waals surface area (Å²) in [4.78, 5) is 4.30. The van der Waals surface area contributed by atoms with Gasteiger partial charge in [-0.15, -0.1) is 0 Å². The van der Waals surface area contributed by atoms with Gasteiger partial charge in [0.05, 0.1) is 11.0 Å². The normalized spacial score (nSPS) is 20.8. The van der Waals surface area contributed by atoms with Crippen molar-refractivity contribution in [3.63, 3.8) is 0 Å². The maximum absolute atomic E-state index is 9.44. The Hall–Kier alpha value is -1.75. The Morgan fingerprint density at radius 3 is 3.12 bits per heavy atom. The number of benzene rings is 1. The number of aromatic hydroxyl groups is 1. The third-order valence-electron chi connectivity index (χ3n) is 3.34. The predicted molar refractivity (Wildman–Crippen MR) is 67.0 cm³/mol. The number of hydrogen-bond donors (Lipinski definition) is 3. The van der Waals surface area contributed by atoms with Crippen molar-refractivity contribution in [3.05, 3.63) is 18.2 Å². The second kappa shape index (κ2) is 3.92. The fraction of sp³-hybridized carbons (Fsp3) is 0.417. The number of aromatic nitrogens is 2. The fourth-order valence-electron chi connectivity index (χ4n) is 2.54. The lowest BCUT2D eigenvalue weighted by Crippen LogP contribution is -2.32. The molecule has 1 aliphatic rings. The number of anilines is 1. The van der Waals surface area contributed by atoms with Crippen LogP contribution in [0.5, 0.6) is 5.75 Å². The molecule has 0 bridgehead atoms. The zero-order valence-corrected chi connectivity index (χ0v) is 9.56. The smallest absolute Gasteiger partial charge is 0.201 e. The Labute approximate surface area is 99.3 Å². The quantitative estimate of drug-likeness (QED) is 0.691. The van der Waals surface area contributed by atoms with Crippen molar-refractivity contribution >= 4 is 17.0 Å². The SMILES string of the molecule is Nc1nc2cc(O)ccc2n1C1CCCNC1. The minimum Gasteiger partial charge on any atom is -0.508 e. The molecule has 0 radical (unpaired) electrons. The van der Waals surface area contributed by atoms with Gasteiger partial charge in [-0.3, -0.25) is 0 Å². The van der Waals surface area contributed by atoms with Crippen LogP contribution in [-0.4, -0.2) is 27.7 Å². The molecule has 0 saturated carbocycles. The highest BCUT2D eigenvalue weighted by Gasteiger charge is 2.19. The summed E-state index contributed by atoms with van der Waals surface area (Å²) in [6, 6.07) is 5.57. The molecule has 1 aromatic carbocycles. The average Bonchev–Trinajstić information content (AvgIpc) is 2.65. The van der Waals surface area contributed by atoms with Crippen molar-refractivity contribution in [2.24, 2.45) is 0 Å². The summed E-state index contributed by atoms with van der Waals surface area (Å²) in [5, 5.41) is 12.8. The van der Waals surface area contributed by atoms with E-state index in [9.17, 15) is 5.11 Å². The van der Waals surface area contributed by atoms with Crippen LogP contribution in [0.3, 0.4) is 0 Å². The maximum atomic E-state index is 9.44. The zero-order valence-electron chi connectivity index (χ0n) is 9.56. The van der Waals surface area contributed by atoms with E-state index in [2.05, 4.69) is 14.9 Å². The van der Waals surface area contributed by atoms with Gasteiger partial charge in [0.25, 0.3) is 0 Å². The number of imidazole rings is 1. The van der Waals surface area contributed by atoms with Crippen LogP contribution in [0, 0.1) is 0 Å². The van der Waals surface area contributed by atoms with Crippen molar-refractivity contribution in [3.8, 4) is 5.75 Å². The largest absolute Gasteiger partial charge is 0.508 e. The zero-order chi connectivity index (χ0) is 11.8. The van der Waals surface area contributed by atoms with Crippen LogP contribution >= 0.6 is 0 Å². The molecule has 2 aromatic rings. The molecule has 1 fully saturated rings. The summed E-state index contributed by atoms with van der Waals surface area (Å²) in [6.07, 6.45) is 2.27. The maximum Gasteiger partial charge on any atom is 0.201 e. The van der Waals surface area contributed by atoms with E-state index >= 15 is 0 Å². The van der Waals surface area contributed by atoms with Crippen molar-refractivity contribution in [2.75, 3.05) is 18.8 Å². The van der Waals surface area contributed by atoms with E-state index in [-0.39, 0.29) is 5.75 Å². The first kappa shape index (κ1) is 10.4. The molecule has 0 amide bonds. The molecular formula is C12H16N4O. The van der Waals surface area contributed by atoms with E-state index in [1.807, 2.05) is 6.07 Å². The van der Waals surface area contributed by atoms with E-state index < -0.39 is 0 Å². The summed E-state index contributed by atoms with van der Waals surface area (Å²) >= 11 is 0. The standard InChI is InChI=1S/C12H16N4O/c13-12-15-10-6-9(17)3-4-11(10)16(12)8-2-1-5-14-7-8/h3-4,6,8,14,17H,1-2,5,7H2,(H2,13,15). The Balaban J connectivity index is 2.11. The van der Waals surface area contributed by atoms with Crippen LogP contribution < -0.4 is 11.1 Å². The van der Waals surface area contributed by atoms with Crippen LogP contribution in [0.4, 0.5) is 5.95 Å². The van der Waals surface area contributed by atoms with Gasteiger partial charge in [-0.1, -0.05) is 0 Å². The van der Waals surface area contributed by atoms with Gasteiger partial charge >= 0.3 is 0 Å². The first-order valence-electron chi connectivity index (χ1n) is 5.93. The molecule has 5 nitrogen and oxygen atoms in total. The Morgan fingerprint density at radius 1 is 1.47 bits per heavy atom. The number of phenols is 1. The molecule has 3 rings (SSSR count). The number of nitrogens with zero attached hydrogens (tertiary/aromatic N) is 2. The van der Waals surface area contributed by atoms with E-state index in [1.165, 1.54) is 0 Å². The molecule has 0 aliphatic carbocycles. The topological polar surface area (TPSA) is 76.1 Å². The molecule has 1 aromatic heterocycles. The summed E-state index contributed by atoms with van der Waals surface area (Å²) in [5.74, 6) is 0.753. The van der Waals surface area contributed by atoms with Crippen LogP contribution in [0.25, 0.3) is 11.0 Å². The highest BCUT2D eigenvalue weighted by molar-refractivity contribution is 5.80. The van der Waals surface area contributed by atoms with Gasteiger partial charge in [0.15, 0.2) is 0 Å². The minimum atomic E-state index is 0.226. The molecule has 90 valence electrons. The average molecular weight is 232 g/mol. The van der Waals surface area contributed by atoms with E-state index in [0.29, 0.717) is 12.0 Å². The number of nitrogens with one attached hydrogen (secondary N) is 1. The molecule has 1 unspecified atom stereocenters. The number of piperidine rings is 1. The summed E-state index contributed by atoms with van der Waals surface area (Å²) in [5.41, 5.74) is 7.73.